The summed E-state index contributed by atoms with van der Waals surface area (Å²) in [6.45, 7) is 2.58. The summed E-state index contributed by atoms with van der Waals surface area (Å²) >= 11 is 0. The molecule has 0 atom stereocenters. The largest absolute Gasteiger partial charge is 0.391 e. The zero-order chi connectivity index (χ0) is 18.1. The number of hydrogen-bond donors (Lipinski definition) is 2. The van der Waals surface area contributed by atoms with Crippen LogP contribution in [0.5, 0.6) is 0 Å². The summed E-state index contributed by atoms with van der Waals surface area (Å²) < 4.78 is 5.08. The lowest BCUT2D eigenvalue weighted by molar-refractivity contribution is 0.0749. The molecule has 0 spiro atoms. The van der Waals surface area contributed by atoms with Crippen molar-refractivity contribution in [2.24, 2.45) is 0 Å². The predicted molar refractivity (Wildman–Crippen MR) is 94.5 cm³/mol. The zero-order valence-electron chi connectivity index (χ0n) is 14.5. The Hall–Kier alpha value is -2.93. The summed E-state index contributed by atoms with van der Waals surface area (Å²) in [7, 11) is 0. The van der Waals surface area contributed by atoms with E-state index >= 15 is 0 Å². The quantitative estimate of drug-likeness (QED) is 0.753. The third-order valence-corrected chi connectivity index (χ3v) is 4.90. The first kappa shape index (κ1) is 16.5. The van der Waals surface area contributed by atoms with Crippen LogP contribution in [0.25, 0.3) is 11.3 Å². The predicted octanol–water partition coefficient (Wildman–Crippen LogP) is 2.11. The van der Waals surface area contributed by atoms with Crippen LogP contribution in [-0.2, 0) is 19.4 Å². The van der Waals surface area contributed by atoms with E-state index in [9.17, 15) is 9.90 Å². The molecule has 2 aromatic heterocycles. The molecular formula is C19H20N4O3. The number of aromatic amines is 1. The van der Waals surface area contributed by atoms with Crippen molar-refractivity contribution in [1.82, 2.24) is 20.3 Å². The zero-order valence-corrected chi connectivity index (χ0v) is 14.5. The van der Waals surface area contributed by atoms with Crippen LogP contribution >= 0.6 is 0 Å². The fourth-order valence-electron chi connectivity index (χ4n) is 3.42. The minimum atomic E-state index is -0.259. The second-order valence-corrected chi connectivity index (χ2v) is 6.41. The molecule has 0 radical (unpaired) electrons. The van der Waals surface area contributed by atoms with Gasteiger partial charge < -0.3 is 14.5 Å². The maximum atomic E-state index is 12.8. The molecule has 0 unspecified atom stereocenters. The van der Waals surface area contributed by atoms with Crippen molar-refractivity contribution in [3.63, 3.8) is 0 Å². The number of aryl methyl sites for hydroxylation is 1. The lowest BCUT2D eigenvalue weighted by Gasteiger charge is -2.19. The van der Waals surface area contributed by atoms with E-state index in [0.29, 0.717) is 37.3 Å². The second kappa shape index (κ2) is 6.76. The molecule has 0 saturated heterocycles. The van der Waals surface area contributed by atoms with Crippen LogP contribution in [0.1, 0.15) is 33.1 Å². The van der Waals surface area contributed by atoms with E-state index in [1.807, 2.05) is 30.3 Å². The minimum Gasteiger partial charge on any atom is -0.391 e. The Bertz CT molecular complexity index is 930. The van der Waals surface area contributed by atoms with E-state index in [2.05, 4.69) is 15.4 Å². The number of aliphatic hydroxyl groups excluding tert-OH is 1. The van der Waals surface area contributed by atoms with Crippen molar-refractivity contribution in [3.8, 4) is 11.3 Å². The highest BCUT2D eigenvalue weighted by molar-refractivity contribution is 5.94. The van der Waals surface area contributed by atoms with Gasteiger partial charge in [-0.1, -0.05) is 35.5 Å². The minimum absolute atomic E-state index is 0.203. The highest BCUT2D eigenvalue weighted by atomic mass is 16.5. The van der Waals surface area contributed by atoms with Crippen molar-refractivity contribution in [3.05, 3.63) is 58.6 Å². The number of rotatable bonds is 3. The van der Waals surface area contributed by atoms with E-state index in [4.69, 9.17) is 4.52 Å². The summed E-state index contributed by atoms with van der Waals surface area (Å²) in [5.74, 6) is 0.275. The SMILES string of the molecule is Cc1onc(C(=O)N2CCc3[nH]nc(-c4ccccc4)c3CC2)c1CO. The Kier molecular flexibility index (Phi) is 4.30. The van der Waals surface area contributed by atoms with Gasteiger partial charge in [0.05, 0.1) is 17.9 Å². The lowest BCUT2D eigenvalue weighted by Crippen LogP contribution is -2.34. The second-order valence-electron chi connectivity index (χ2n) is 6.41. The molecule has 1 aliphatic heterocycles. The van der Waals surface area contributed by atoms with Crippen molar-refractivity contribution >= 4 is 5.91 Å². The van der Waals surface area contributed by atoms with Gasteiger partial charge in [-0.2, -0.15) is 5.10 Å². The number of aromatic nitrogens is 3. The number of amides is 1. The van der Waals surface area contributed by atoms with Crippen LogP contribution in [0.4, 0.5) is 0 Å². The molecule has 3 aromatic rings. The number of nitrogens with one attached hydrogen (secondary N) is 1. The Morgan fingerprint density at radius 2 is 2.04 bits per heavy atom. The van der Waals surface area contributed by atoms with E-state index in [1.54, 1.807) is 11.8 Å². The summed E-state index contributed by atoms with van der Waals surface area (Å²) in [5.41, 5.74) is 4.91. The monoisotopic (exact) mass is 352 g/mol. The standard InChI is InChI=1S/C19H20N4O3/c1-12-15(11-24)18(22-26-12)19(25)23-9-7-14-16(8-10-23)20-21-17(14)13-5-3-2-4-6-13/h2-6,24H,7-11H2,1H3,(H,20,21). The van der Waals surface area contributed by atoms with Crippen molar-refractivity contribution in [2.75, 3.05) is 13.1 Å². The van der Waals surface area contributed by atoms with Crippen LogP contribution in [0.3, 0.4) is 0 Å². The number of H-pyrrole nitrogens is 1. The average Bonchev–Trinajstić information content (AvgIpc) is 3.18. The van der Waals surface area contributed by atoms with E-state index < -0.39 is 0 Å². The number of aliphatic hydroxyl groups is 1. The fourth-order valence-corrected chi connectivity index (χ4v) is 3.42. The summed E-state index contributed by atoms with van der Waals surface area (Å²) in [5, 5.41) is 20.9. The molecular weight excluding hydrogens is 332 g/mol. The van der Waals surface area contributed by atoms with Crippen LogP contribution in [-0.4, -0.2) is 44.4 Å². The molecule has 4 rings (SSSR count). The topological polar surface area (TPSA) is 95.3 Å². The molecule has 7 nitrogen and oxygen atoms in total. The first-order chi connectivity index (χ1) is 12.7. The molecule has 1 aromatic carbocycles. The van der Waals surface area contributed by atoms with Crippen LogP contribution in [0.2, 0.25) is 0 Å². The lowest BCUT2D eigenvalue weighted by atomic mass is 10.0. The van der Waals surface area contributed by atoms with Gasteiger partial charge in [-0.15, -0.1) is 0 Å². The first-order valence-electron chi connectivity index (χ1n) is 8.66. The Balaban J connectivity index is 1.57. The molecule has 0 aliphatic carbocycles. The molecule has 0 bridgehead atoms. The summed E-state index contributed by atoms with van der Waals surface area (Å²) in [4.78, 5) is 14.6. The average molecular weight is 352 g/mol. The van der Waals surface area contributed by atoms with E-state index in [-0.39, 0.29) is 18.2 Å². The maximum Gasteiger partial charge on any atom is 0.276 e. The van der Waals surface area contributed by atoms with Crippen molar-refractivity contribution in [2.45, 2.75) is 26.4 Å². The molecule has 0 saturated carbocycles. The molecule has 134 valence electrons. The van der Waals surface area contributed by atoms with Crippen molar-refractivity contribution < 1.29 is 14.4 Å². The van der Waals surface area contributed by atoms with Gasteiger partial charge in [-0.3, -0.25) is 9.89 Å². The van der Waals surface area contributed by atoms with Gasteiger partial charge in [-0.25, -0.2) is 0 Å². The molecule has 1 aliphatic rings. The third kappa shape index (κ3) is 2.80. The smallest absolute Gasteiger partial charge is 0.276 e. The molecule has 26 heavy (non-hydrogen) atoms. The van der Waals surface area contributed by atoms with Gasteiger partial charge >= 0.3 is 0 Å². The summed E-state index contributed by atoms with van der Waals surface area (Å²) in [6, 6.07) is 10.0. The Labute approximate surface area is 150 Å². The van der Waals surface area contributed by atoms with Crippen LogP contribution < -0.4 is 0 Å². The molecule has 0 fully saturated rings. The number of fused-ring (bicyclic) bond motifs is 1. The van der Waals surface area contributed by atoms with Crippen LogP contribution in [0, 0.1) is 6.92 Å². The van der Waals surface area contributed by atoms with Gasteiger partial charge in [0.15, 0.2) is 5.69 Å². The van der Waals surface area contributed by atoms with Crippen molar-refractivity contribution in [1.29, 1.82) is 0 Å². The highest BCUT2D eigenvalue weighted by Gasteiger charge is 2.27. The number of carbonyl (C=O) groups excluding carboxylic acids is 1. The van der Waals surface area contributed by atoms with Gasteiger partial charge in [0.25, 0.3) is 5.91 Å². The number of carbonyl (C=O) groups is 1. The Morgan fingerprint density at radius 3 is 2.81 bits per heavy atom. The molecule has 1 amide bonds. The molecule has 2 N–H and O–H groups in total. The van der Waals surface area contributed by atoms with Gasteiger partial charge in [0.2, 0.25) is 0 Å². The molecule has 3 heterocycles. The molecule has 7 heteroatoms. The fraction of sp³-hybridized carbons (Fsp3) is 0.316. The summed E-state index contributed by atoms with van der Waals surface area (Å²) in [6.07, 6.45) is 1.42. The number of nitrogens with zero attached hydrogens (tertiary/aromatic N) is 3. The third-order valence-electron chi connectivity index (χ3n) is 4.90. The van der Waals surface area contributed by atoms with E-state index in [0.717, 1.165) is 22.5 Å². The van der Waals surface area contributed by atoms with Gasteiger partial charge in [0.1, 0.15) is 5.76 Å². The van der Waals surface area contributed by atoms with Crippen LogP contribution in [0.15, 0.2) is 34.9 Å². The number of hydrogen-bond acceptors (Lipinski definition) is 5. The van der Waals surface area contributed by atoms with Gasteiger partial charge in [0, 0.05) is 36.3 Å². The number of benzene rings is 1. The van der Waals surface area contributed by atoms with E-state index in [1.165, 1.54) is 0 Å². The maximum absolute atomic E-state index is 12.8. The van der Waals surface area contributed by atoms with Gasteiger partial charge in [-0.05, 0) is 13.3 Å². The normalized spacial score (nSPS) is 14.2. The Morgan fingerprint density at radius 1 is 1.27 bits per heavy atom. The highest BCUT2D eigenvalue weighted by Crippen LogP contribution is 2.27. The first-order valence-corrected chi connectivity index (χ1v) is 8.66.